The van der Waals surface area contributed by atoms with Gasteiger partial charge in [0, 0.05) is 17.4 Å². The lowest BCUT2D eigenvalue weighted by Crippen LogP contribution is -2.29. The van der Waals surface area contributed by atoms with Crippen molar-refractivity contribution in [1.29, 1.82) is 0 Å². The average Bonchev–Trinajstić information content (AvgIpc) is 2.72. The van der Waals surface area contributed by atoms with Crippen molar-refractivity contribution in [2.24, 2.45) is 5.92 Å². The highest BCUT2D eigenvalue weighted by Gasteiger charge is 2.60. The fourth-order valence-corrected chi connectivity index (χ4v) is 4.10. The molecule has 0 aromatic rings. The highest BCUT2D eigenvalue weighted by molar-refractivity contribution is 8.09. The first kappa shape index (κ1) is 15.9. The minimum Gasteiger partial charge on any atom is -0.376 e. The highest BCUT2D eigenvalue weighted by Crippen LogP contribution is 2.60. The Kier molecular flexibility index (Phi) is 4.21. The molecule has 1 aliphatic carbocycles. The van der Waals surface area contributed by atoms with Gasteiger partial charge in [-0.05, 0) is 17.4 Å². The molecule has 10 heteroatoms. The van der Waals surface area contributed by atoms with Gasteiger partial charge in [0.1, 0.15) is 7.85 Å². The van der Waals surface area contributed by atoms with Crippen LogP contribution >= 0.6 is 14.1 Å². The van der Waals surface area contributed by atoms with Crippen LogP contribution in [0.2, 0.25) is 0 Å². The molecular formula is C9H17BO6P2S. The van der Waals surface area contributed by atoms with Gasteiger partial charge in [-0.3, -0.25) is 4.57 Å². The van der Waals surface area contributed by atoms with Crippen LogP contribution in [0.5, 0.6) is 0 Å². The summed E-state index contributed by atoms with van der Waals surface area (Å²) in [5.74, 6) is 0.733. The van der Waals surface area contributed by atoms with Gasteiger partial charge in [-0.1, -0.05) is 13.8 Å². The Labute approximate surface area is 117 Å². The third-order valence-corrected chi connectivity index (χ3v) is 7.36. The van der Waals surface area contributed by atoms with Gasteiger partial charge in [-0.25, -0.2) is 0 Å². The van der Waals surface area contributed by atoms with Crippen LogP contribution in [-0.2, 0) is 25.6 Å². The summed E-state index contributed by atoms with van der Waals surface area (Å²) in [6.07, 6.45) is -0.740. The van der Waals surface area contributed by atoms with Crippen LogP contribution in [0.3, 0.4) is 0 Å². The van der Waals surface area contributed by atoms with Crippen LogP contribution in [-0.4, -0.2) is 46.4 Å². The number of hydrogen-bond donors (Lipinski definition) is 3. The van der Waals surface area contributed by atoms with Crippen molar-refractivity contribution in [3.8, 4) is 0 Å². The van der Waals surface area contributed by atoms with Crippen LogP contribution in [0.1, 0.15) is 13.8 Å². The first-order valence-corrected chi connectivity index (χ1v) is 10.4. The molecule has 2 aliphatic rings. The summed E-state index contributed by atoms with van der Waals surface area (Å²) in [6, 6.07) is -0.239. The fraction of sp³-hybridized carbons (Fsp3) is 0.778. The smallest absolute Gasteiger partial charge is 0.349 e. The number of hydrogen-bond acceptors (Lipinski definition) is 4. The lowest BCUT2D eigenvalue weighted by atomic mass is 9.93. The van der Waals surface area contributed by atoms with Gasteiger partial charge in [-0.2, -0.15) is 0 Å². The van der Waals surface area contributed by atoms with E-state index in [1.165, 1.54) is 0 Å². The summed E-state index contributed by atoms with van der Waals surface area (Å²) in [6.45, 7) is 0.672. The Bertz CT molecular complexity index is 503. The molecule has 0 amide bonds. The molecule has 19 heavy (non-hydrogen) atoms. The van der Waals surface area contributed by atoms with Gasteiger partial charge >= 0.3 is 7.60 Å². The monoisotopic (exact) mass is 326 g/mol. The fourth-order valence-electron chi connectivity index (χ4n) is 2.20. The Hall–Kier alpha value is 0.485. The Balaban J connectivity index is 2.13. The second-order valence-corrected chi connectivity index (χ2v) is 10.6. The summed E-state index contributed by atoms with van der Waals surface area (Å²) in [5, 5.41) is 0. The van der Waals surface area contributed by atoms with Gasteiger partial charge in [0.25, 0.3) is 0 Å². The standard InChI is InChI=1S/C9H17BO6P2S/c1-4(2)18(14,19)16-8-6-5(3-17(11,12)13)7(6)15-9(8)10/h3-4,6-9H,10H2,1-2H3,(H,14,19)(H2,11,12,13)/b5-3-/t6?,7-,8-,9-,18?/m1/s1. The van der Waals surface area contributed by atoms with Crippen molar-refractivity contribution in [2.45, 2.75) is 37.7 Å². The van der Waals surface area contributed by atoms with Gasteiger partial charge in [-0.15, -0.1) is 0 Å². The molecule has 6 nitrogen and oxygen atoms in total. The van der Waals surface area contributed by atoms with Crippen LogP contribution < -0.4 is 0 Å². The third-order valence-electron chi connectivity index (χ3n) is 3.35. The molecule has 2 unspecified atom stereocenters. The summed E-state index contributed by atoms with van der Waals surface area (Å²) >= 11 is 5.09. The van der Waals surface area contributed by atoms with Crippen molar-refractivity contribution in [2.75, 3.05) is 0 Å². The van der Waals surface area contributed by atoms with E-state index in [4.69, 9.17) is 30.9 Å². The molecule has 1 saturated carbocycles. The van der Waals surface area contributed by atoms with Crippen molar-refractivity contribution in [1.82, 2.24) is 0 Å². The highest BCUT2D eigenvalue weighted by atomic mass is 32.5. The van der Waals surface area contributed by atoms with Gasteiger partial charge in [0.05, 0.1) is 18.2 Å². The van der Waals surface area contributed by atoms with E-state index in [1.807, 2.05) is 7.85 Å². The van der Waals surface area contributed by atoms with Crippen LogP contribution in [0, 0.1) is 5.92 Å². The maximum Gasteiger partial charge on any atom is 0.349 e. The van der Waals surface area contributed by atoms with E-state index in [0.29, 0.717) is 5.57 Å². The van der Waals surface area contributed by atoms with Crippen molar-refractivity contribution < 1.29 is 28.5 Å². The molecule has 2 fully saturated rings. The Morgan fingerprint density at radius 3 is 2.53 bits per heavy atom. The average molecular weight is 326 g/mol. The number of ether oxygens (including phenoxy) is 1. The minimum atomic E-state index is -4.21. The number of fused-ring (bicyclic) bond motifs is 1. The summed E-state index contributed by atoms with van der Waals surface area (Å²) in [5.41, 5.74) is 0.386. The van der Waals surface area contributed by atoms with Crippen molar-refractivity contribution in [3.63, 3.8) is 0 Å². The molecule has 1 saturated heterocycles. The predicted octanol–water partition coefficient (Wildman–Crippen LogP) is 0.131. The molecule has 0 bridgehead atoms. The van der Waals surface area contributed by atoms with E-state index in [9.17, 15) is 9.46 Å². The molecule has 0 aromatic carbocycles. The van der Waals surface area contributed by atoms with E-state index < -0.39 is 20.2 Å². The summed E-state index contributed by atoms with van der Waals surface area (Å²) in [4.78, 5) is 28.0. The predicted molar refractivity (Wildman–Crippen MR) is 77.3 cm³/mol. The maximum atomic E-state index is 11.0. The first-order chi connectivity index (χ1) is 8.53. The van der Waals surface area contributed by atoms with Crippen LogP contribution in [0.15, 0.2) is 11.4 Å². The quantitative estimate of drug-likeness (QED) is 0.499. The van der Waals surface area contributed by atoms with Gasteiger partial charge in [0.2, 0.25) is 0 Å². The van der Waals surface area contributed by atoms with Crippen LogP contribution in [0.25, 0.3) is 0 Å². The molecule has 3 N–H and O–H groups in total. The van der Waals surface area contributed by atoms with Gasteiger partial charge < -0.3 is 23.9 Å². The first-order valence-electron chi connectivity index (χ1n) is 5.97. The Morgan fingerprint density at radius 2 is 2.05 bits per heavy atom. The second kappa shape index (κ2) is 5.04. The lowest BCUT2D eigenvalue weighted by molar-refractivity contribution is 0.0793. The molecule has 0 aromatic heterocycles. The third kappa shape index (κ3) is 3.39. The SMILES string of the molecule is B[C@@H]1O[C@@H]2/C(=C\P(=O)(O)O)C2[C@H]1OP(O)(=S)C(C)C. The molecule has 0 radical (unpaired) electrons. The molecule has 1 aliphatic heterocycles. The van der Waals surface area contributed by atoms with Gasteiger partial charge in [0.15, 0.2) is 6.49 Å². The van der Waals surface area contributed by atoms with Crippen molar-refractivity contribution >= 4 is 33.7 Å². The van der Waals surface area contributed by atoms with E-state index >= 15 is 0 Å². The largest absolute Gasteiger partial charge is 0.376 e. The normalized spacial score (nSPS) is 39.4. The second-order valence-electron chi connectivity index (χ2n) is 5.23. The maximum absolute atomic E-state index is 11.0. The molecule has 108 valence electrons. The molecule has 0 spiro atoms. The zero-order valence-electron chi connectivity index (χ0n) is 10.8. The lowest BCUT2D eigenvalue weighted by Gasteiger charge is -2.27. The Morgan fingerprint density at radius 1 is 1.47 bits per heavy atom. The summed E-state index contributed by atoms with van der Waals surface area (Å²) in [7, 11) is -2.40. The molecule has 2 rings (SSSR count). The minimum absolute atomic E-state index is 0.165. The van der Waals surface area contributed by atoms with E-state index in [2.05, 4.69) is 0 Å². The molecule has 1 heterocycles. The van der Waals surface area contributed by atoms with E-state index in [1.54, 1.807) is 13.8 Å². The number of rotatable bonds is 4. The van der Waals surface area contributed by atoms with E-state index in [0.717, 1.165) is 5.82 Å². The zero-order valence-corrected chi connectivity index (χ0v) is 13.4. The van der Waals surface area contributed by atoms with Crippen molar-refractivity contribution in [3.05, 3.63) is 11.4 Å². The summed E-state index contributed by atoms with van der Waals surface area (Å²) < 4.78 is 22.1. The molecular weight excluding hydrogens is 309 g/mol. The molecule has 5 atom stereocenters. The van der Waals surface area contributed by atoms with Crippen LogP contribution in [0.4, 0.5) is 0 Å². The van der Waals surface area contributed by atoms with E-state index in [-0.39, 0.29) is 23.7 Å². The zero-order chi connectivity index (χ0) is 14.6. The topological polar surface area (TPSA) is 96.2 Å².